The number of benzene rings is 3. The minimum atomic E-state index is 0.649. The van der Waals surface area contributed by atoms with Crippen LogP contribution in [-0.4, -0.2) is 13.2 Å². The van der Waals surface area contributed by atoms with E-state index in [4.69, 9.17) is 18.9 Å². The summed E-state index contributed by atoms with van der Waals surface area (Å²) in [7, 11) is 0. The highest BCUT2D eigenvalue weighted by atomic mass is 16.5. The second-order valence-corrected chi connectivity index (χ2v) is 5.48. The van der Waals surface area contributed by atoms with Crippen LogP contribution in [0.15, 0.2) is 72.8 Å². The van der Waals surface area contributed by atoms with Gasteiger partial charge in [0.25, 0.3) is 0 Å². The highest BCUT2D eigenvalue weighted by molar-refractivity contribution is 5.40. The van der Waals surface area contributed by atoms with E-state index in [9.17, 15) is 0 Å². The highest BCUT2D eigenvalue weighted by Crippen LogP contribution is 2.28. The maximum absolute atomic E-state index is 5.83. The monoisotopic (exact) mass is 350 g/mol. The molecule has 0 heterocycles. The summed E-state index contributed by atoms with van der Waals surface area (Å²) in [5, 5.41) is 0. The van der Waals surface area contributed by atoms with E-state index in [1.807, 2.05) is 86.6 Å². The predicted octanol–water partition coefficient (Wildman–Crippen LogP) is 6.07. The Bertz CT molecular complexity index is 723. The normalized spacial score (nSPS) is 10.2. The van der Waals surface area contributed by atoms with Crippen molar-refractivity contribution < 1.29 is 18.9 Å². The molecule has 4 heteroatoms. The van der Waals surface area contributed by atoms with Crippen LogP contribution < -0.4 is 18.9 Å². The lowest BCUT2D eigenvalue weighted by molar-refractivity contribution is 0.339. The zero-order valence-electron chi connectivity index (χ0n) is 15.0. The van der Waals surface area contributed by atoms with Crippen molar-refractivity contribution in [2.75, 3.05) is 13.2 Å². The van der Waals surface area contributed by atoms with Gasteiger partial charge in [0.15, 0.2) is 0 Å². The van der Waals surface area contributed by atoms with Gasteiger partial charge in [-0.15, -0.1) is 0 Å². The number of ether oxygens (including phenoxy) is 4. The minimum absolute atomic E-state index is 0.649. The third-order valence-electron chi connectivity index (χ3n) is 3.56. The molecule has 0 unspecified atom stereocenters. The molecule has 0 saturated heterocycles. The van der Waals surface area contributed by atoms with Crippen molar-refractivity contribution in [2.45, 2.75) is 13.8 Å². The minimum Gasteiger partial charge on any atom is -0.494 e. The summed E-state index contributed by atoms with van der Waals surface area (Å²) in [6.07, 6.45) is 0. The van der Waals surface area contributed by atoms with Crippen molar-refractivity contribution in [1.82, 2.24) is 0 Å². The molecule has 0 spiro atoms. The summed E-state index contributed by atoms with van der Waals surface area (Å²) in [4.78, 5) is 0. The first kappa shape index (κ1) is 17.7. The molecule has 0 aliphatic heterocycles. The molecular formula is C22H22O4. The SMILES string of the molecule is CCOc1ccc(Oc2ccc(Oc3ccc(OCC)cc3)cc2)cc1. The zero-order chi connectivity index (χ0) is 18.2. The van der Waals surface area contributed by atoms with Crippen LogP contribution >= 0.6 is 0 Å². The van der Waals surface area contributed by atoms with Crippen LogP contribution in [-0.2, 0) is 0 Å². The summed E-state index contributed by atoms with van der Waals surface area (Å²) < 4.78 is 22.5. The van der Waals surface area contributed by atoms with E-state index < -0.39 is 0 Å². The van der Waals surface area contributed by atoms with Gasteiger partial charge in [-0.1, -0.05) is 0 Å². The fourth-order valence-electron chi connectivity index (χ4n) is 2.39. The molecule has 3 aromatic carbocycles. The lowest BCUT2D eigenvalue weighted by atomic mass is 10.3. The van der Waals surface area contributed by atoms with Crippen molar-refractivity contribution in [2.24, 2.45) is 0 Å². The fourth-order valence-corrected chi connectivity index (χ4v) is 2.39. The van der Waals surface area contributed by atoms with Crippen LogP contribution in [0.3, 0.4) is 0 Å². The zero-order valence-corrected chi connectivity index (χ0v) is 15.0. The molecule has 0 amide bonds. The number of rotatable bonds is 8. The molecule has 26 heavy (non-hydrogen) atoms. The number of hydrogen-bond donors (Lipinski definition) is 0. The lowest BCUT2D eigenvalue weighted by Crippen LogP contribution is -1.91. The molecule has 0 atom stereocenters. The Morgan fingerprint density at radius 3 is 0.885 bits per heavy atom. The Morgan fingerprint density at radius 2 is 0.654 bits per heavy atom. The van der Waals surface area contributed by atoms with Gasteiger partial charge in [0, 0.05) is 0 Å². The fraction of sp³-hybridized carbons (Fsp3) is 0.182. The average Bonchev–Trinajstić information content (AvgIpc) is 2.67. The van der Waals surface area contributed by atoms with E-state index in [1.54, 1.807) is 0 Å². The van der Waals surface area contributed by atoms with Gasteiger partial charge >= 0.3 is 0 Å². The molecule has 4 nitrogen and oxygen atoms in total. The smallest absolute Gasteiger partial charge is 0.127 e. The van der Waals surface area contributed by atoms with Crippen molar-refractivity contribution in [3.8, 4) is 34.5 Å². The van der Waals surface area contributed by atoms with Gasteiger partial charge in [0.05, 0.1) is 13.2 Å². The third kappa shape index (κ3) is 4.93. The van der Waals surface area contributed by atoms with Crippen LogP contribution in [0, 0.1) is 0 Å². The molecule has 0 fully saturated rings. The molecule has 0 saturated carbocycles. The highest BCUT2D eigenvalue weighted by Gasteiger charge is 2.02. The number of hydrogen-bond acceptors (Lipinski definition) is 4. The molecule has 3 rings (SSSR count). The van der Waals surface area contributed by atoms with Crippen molar-refractivity contribution >= 4 is 0 Å². The Hall–Kier alpha value is -3.14. The van der Waals surface area contributed by atoms with Gasteiger partial charge in [0.2, 0.25) is 0 Å². The predicted molar refractivity (Wildman–Crippen MR) is 102 cm³/mol. The average molecular weight is 350 g/mol. The van der Waals surface area contributed by atoms with E-state index in [1.165, 1.54) is 0 Å². The van der Waals surface area contributed by atoms with E-state index >= 15 is 0 Å². The summed E-state index contributed by atoms with van der Waals surface area (Å²) >= 11 is 0. The van der Waals surface area contributed by atoms with Gasteiger partial charge in [-0.3, -0.25) is 0 Å². The first-order valence-electron chi connectivity index (χ1n) is 8.68. The molecule has 0 aliphatic carbocycles. The van der Waals surface area contributed by atoms with Gasteiger partial charge in [-0.25, -0.2) is 0 Å². The van der Waals surface area contributed by atoms with Gasteiger partial charge in [0.1, 0.15) is 34.5 Å². The first-order valence-corrected chi connectivity index (χ1v) is 8.68. The summed E-state index contributed by atoms with van der Waals surface area (Å²) in [5.74, 6) is 4.67. The molecule has 0 bridgehead atoms. The summed E-state index contributed by atoms with van der Waals surface area (Å²) in [6.45, 7) is 5.22. The summed E-state index contributed by atoms with van der Waals surface area (Å²) in [6, 6.07) is 22.6. The molecule has 0 N–H and O–H groups in total. The standard InChI is InChI=1S/C22H22O4/c1-3-23-17-5-9-19(10-6-17)25-21-13-15-22(16-14-21)26-20-11-7-18(8-12-20)24-4-2/h5-16H,3-4H2,1-2H3. The van der Waals surface area contributed by atoms with Crippen molar-refractivity contribution in [1.29, 1.82) is 0 Å². The van der Waals surface area contributed by atoms with E-state index in [-0.39, 0.29) is 0 Å². The van der Waals surface area contributed by atoms with Crippen LogP contribution in [0.4, 0.5) is 0 Å². The van der Waals surface area contributed by atoms with E-state index in [0.717, 1.165) is 34.5 Å². The van der Waals surface area contributed by atoms with E-state index in [0.29, 0.717) is 13.2 Å². The Balaban J connectivity index is 1.59. The molecule has 3 aromatic rings. The van der Waals surface area contributed by atoms with Gasteiger partial charge in [-0.05, 0) is 86.6 Å². The molecule has 0 radical (unpaired) electrons. The van der Waals surface area contributed by atoms with Crippen LogP contribution in [0.25, 0.3) is 0 Å². The van der Waals surface area contributed by atoms with Crippen LogP contribution in [0.2, 0.25) is 0 Å². The maximum Gasteiger partial charge on any atom is 0.127 e. The molecule has 0 aromatic heterocycles. The van der Waals surface area contributed by atoms with Gasteiger partial charge < -0.3 is 18.9 Å². The molecule has 0 aliphatic rings. The summed E-state index contributed by atoms with van der Waals surface area (Å²) in [5.41, 5.74) is 0. The Labute approximate surface area is 153 Å². The Morgan fingerprint density at radius 1 is 0.423 bits per heavy atom. The quantitative estimate of drug-likeness (QED) is 0.494. The van der Waals surface area contributed by atoms with E-state index in [2.05, 4.69) is 0 Å². The molecule has 134 valence electrons. The molecular weight excluding hydrogens is 328 g/mol. The maximum atomic E-state index is 5.83. The lowest BCUT2D eigenvalue weighted by Gasteiger charge is -2.09. The Kier molecular flexibility index (Phi) is 5.99. The van der Waals surface area contributed by atoms with Crippen LogP contribution in [0.5, 0.6) is 34.5 Å². The van der Waals surface area contributed by atoms with Gasteiger partial charge in [-0.2, -0.15) is 0 Å². The van der Waals surface area contributed by atoms with Crippen molar-refractivity contribution in [3.05, 3.63) is 72.8 Å². The first-order chi connectivity index (χ1) is 12.8. The second kappa shape index (κ2) is 8.81. The topological polar surface area (TPSA) is 36.9 Å². The largest absolute Gasteiger partial charge is 0.494 e. The third-order valence-corrected chi connectivity index (χ3v) is 3.56. The van der Waals surface area contributed by atoms with Crippen LogP contribution in [0.1, 0.15) is 13.8 Å². The van der Waals surface area contributed by atoms with Crippen molar-refractivity contribution in [3.63, 3.8) is 0 Å². The second-order valence-electron chi connectivity index (χ2n) is 5.48.